The van der Waals surface area contributed by atoms with Gasteiger partial charge in [-0.15, -0.1) is 0 Å². The molecule has 2 rings (SSSR count). The van der Waals surface area contributed by atoms with Crippen LogP contribution in [0.25, 0.3) is 0 Å². The van der Waals surface area contributed by atoms with E-state index in [1.165, 1.54) is 12.8 Å². The maximum atomic E-state index is 11.7. The Kier molecular flexibility index (Phi) is 4.26. The van der Waals surface area contributed by atoms with Crippen LogP contribution in [0.4, 0.5) is 4.79 Å². The minimum absolute atomic E-state index is 0.113. The van der Waals surface area contributed by atoms with Gasteiger partial charge in [0.2, 0.25) is 0 Å². The van der Waals surface area contributed by atoms with Gasteiger partial charge in [-0.1, -0.05) is 13.8 Å². The fourth-order valence-electron chi connectivity index (χ4n) is 2.77. The summed E-state index contributed by atoms with van der Waals surface area (Å²) in [5, 5.41) is 3.37. The Balaban J connectivity index is 1.81. The van der Waals surface area contributed by atoms with Gasteiger partial charge in [-0.25, -0.2) is 4.79 Å². The van der Waals surface area contributed by atoms with Crippen LogP contribution in [0.5, 0.6) is 0 Å². The Morgan fingerprint density at radius 3 is 2.76 bits per heavy atom. The fraction of sp³-hybridized carbons (Fsp3) is 0.923. The Labute approximate surface area is 104 Å². The van der Waals surface area contributed by atoms with E-state index in [0.717, 1.165) is 32.0 Å². The van der Waals surface area contributed by atoms with Crippen LogP contribution in [0.1, 0.15) is 33.1 Å². The number of ether oxygens (including phenoxy) is 1. The molecule has 4 nitrogen and oxygen atoms in total. The summed E-state index contributed by atoms with van der Waals surface area (Å²) in [4.78, 5) is 13.6. The summed E-state index contributed by atoms with van der Waals surface area (Å²) in [6, 6.07) is 0.282. The van der Waals surface area contributed by atoms with Gasteiger partial charge < -0.3 is 15.0 Å². The van der Waals surface area contributed by atoms with Crippen LogP contribution in [-0.4, -0.2) is 43.3 Å². The van der Waals surface area contributed by atoms with Gasteiger partial charge in [-0.05, 0) is 44.2 Å². The van der Waals surface area contributed by atoms with Crippen molar-refractivity contribution < 1.29 is 9.53 Å². The molecule has 0 aromatic heterocycles. The quantitative estimate of drug-likeness (QED) is 0.815. The van der Waals surface area contributed by atoms with Gasteiger partial charge in [0.1, 0.15) is 6.61 Å². The molecule has 2 aliphatic rings. The van der Waals surface area contributed by atoms with Gasteiger partial charge in [0.25, 0.3) is 0 Å². The molecular weight excluding hydrogens is 216 g/mol. The van der Waals surface area contributed by atoms with E-state index in [0.29, 0.717) is 12.5 Å². The maximum absolute atomic E-state index is 11.7. The number of nitrogens with zero attached hydrogens (tertiary/aromatic N) is 1. The van der Waals surface area contributed by atoms with E-state index in [1.54, 1.807) is 0 Å². The SMILES string of the molecule is CC(C)C1COC(=O)N1CCC1CCNCC1. The highest BCUT2D eigenvalue weighted by Crippen LogP contribution is 2.23. The van der Waals surface area contributed by atoms with E-state index >= 15 is 0 Å². The molecule has 0 bridgehead atoms. The normalized spacial score (nSPS) is 26.6. The number of carbonyl (C=O) groups excluding carboxylic acids is 1. The average Bonchev–Trinajstić information content (AvgIpc) is 2.69. The zero-order valence-electron chi connectivity index (χ0n) is 10.9. The second-order valence-corrected chi connectivity index (χ2v) is 5.56. The molecule has 0 aromatic carbocycles. The maximum Gasteiger partial charge on any atom is 0.410 e. The van der Waals surface area contributed by atoms with E-state index < -0.39 is 0 Å². The third kappa shape index (κ3) is 3.12. The lowest BCUT2D eigenvalue weighted by atomic mass is 9.94. The van der Waals surface area contributed by atoms with Crippen LogP contribution in [-0.2, 0) is 4.74 Å². The molecule has 0 aliphatic carbocycles. The number of piperidine rings is 1. The first-order chi connectivity index (χ1) is 8.18. The summed E-state index contributed by atoms with van der Waals surface area (Å²) in [6.07, 6.45) is 3.50. The fourth-order valence-corrected chi connectivity index (χ4v) is 2.77. The summed E-state index contributed by atoms with van der Waals surface area (Å²) in [5.74, 6) is 1.26. The van der Waals surface area contributed by atoms with Crippen LogP contribution in [0, 0.1) is 11.8 Å². The number of amides is 1. The largest absolute Gasteiger partial charge is 0.447 e. The van der Waals surface area contributed by atoms with Crippen molar-refractivity contribution in [3.05, 3.63) is 0 Å². The molecular formula is C13H24N2O2. The van der Waals surface area contributed by atoms with Crippen LogP contribution < -0.4 is 5.32 Å². The minimum Gasteiger partial charge on any atom is -0.447 e. The van der Waals surface area contributed by atoms with E-state index in [-0.39, 0.29) is 12.1 Å². The van der Waals surface area contributed by atoms with Gasteiger partial charge >= 0.3 is 6.09 Å². The molecule has 1 unspecified atom stereocenters. The Morgan fingerprint density at radius 1 is 1.41 bits per heavy atom. The van der Waals surface area contributed by atoms with Crippen molar-refractivity contribution >= 4 is 6.09 Å². The topological polar surface area (TPSA) is 41.6 Å². The van der Waals surface area contributed by atoms with Crippen LogP contribution in [0.2, 0.25) is 0 Å². The molecule has 0 saturated carbocycles. The van der Waals surface area contributed by atoms with Gasteiger partial charge in [-0.3, -0.25) is 0 Å². The van der Waals surface area contributed by atoms with Crippen molar-refractivity contribution in [1.29, 1.82) is 0 Å². The van der Waals surface area contributed by atoms with E-state index in [1.807, 2.05) is 4.90 Å². The Morgan fingerprint density at radius 2 is 2.12 bits per heavy atom. The highest BCUT2D eigenvalue weighted by atomic mass is 16.6. The van der Waals surface area contributed by atoms with Gasteiger partial charge in [0.05, 0.1) is 6.04 Å². The molecule has 17 heavy (non-hydrogen) atoms. The first-order valence-electron chi connectivity index (χ1n) is 6.82. The molecule has 4 heteroatoms. The summed E-state index contributed by atoms with van der Waals surface area (Å²) < 4.78 is 5.15. The van der Waals surface area contributed by atoms with E-state index in [9.17, 15) is 4.79 Å². The molecule has 0 aromatic rings. The summed E-state index contributed by atoms with van der Waals surface area (Å²) in [7, 11) is 0. The monoisotopic (exact) mass is 240 g/mol. The lowest BCUT2D eigenvalue weighted by molar-refractivity contribution is 0.153. The number of cyclic esters (lactones) is 1. The second-order valence-electron chi connectivity index (χ2n) is 5.56. The van der Waals surface area contributed by atoms with Crippen LogP contribution in [0.15, 0.2) is 0 Å². The summed E-state index contributed by atoms with van der Waals surface area (Å²) in [6.45, 7) is 8.01. The first-order valence-corrected chi connectivity index (χ1v) is 6.82. The summed E-state index contributed by atoms with van der Waals surface area (Å²) >= 11 is 0. The van der Waals surface area contributed by atoms with Crippen LogP contribution in [0.3, 0.4) is 0 Å². The van der Waals surface area contributed by atoms with Crippen LogP contribution >= 0.6 is 0 Å². The zero-order chi connectivity index (χ0) is 12.3. The number of hydrogen-bond acceptors (Lipinski definition) is 3. The van der Waals surface area contributed by atoms with Gasteiger partial charge in [-0.2, -0.15) is 0 Å². The standard InChI is InChI=1S/C13H24N2O2/c1-10(2)12-9-17-13(16)15(12)8-5-11-3-6-14-7-4-11/h10-12,14H,3-9H2,1-2H3. The van der Waals surface area contributed by atoms with Gasteiger partial charge in [0, 0.05) is 6.54 Å². The second kappa shape index (κ2) is 5.71. The van der Waals surface area contributed by atoms with Crippen molar-refractivity contribution in [2.75, 3.05) is 26.2 Å². The van der Waals surface area contributed by atoms with Crippen molar-refractivity contribution in [3.8, 4) is 0 Å². The molecule has 2 fully saturated rings. The minimum atomic E-state index is -0.113. The number of hydrogen-bond donors (Lipinski definition) is 1. The smallest absolute Gasteiger partial charge is 0.410 e. The van der Waals surface area contributed by atoms with Crippen molar-refractivity contribution in [2.24, 2.45) is 11.8 Å². The highest BCUT2D eigenvalue weighted by Gasteiger charge is 2.34. The molecule has 98 valence electrons. The number of nitrogens with one attached hydrogen (secondary N) is 1. The van der Waals surface area contributed by atoms with Crippen molar-refractivity contribution in [3.63, 3.8) is 0 Å². The predicted molar refractivity (Wildman–Crippen MR) is 66.9 cm³/mol. The van der Waals surface area contributed by atoms with Crippen molar-refractivity contribution in [1.82, 2.24) is 10.2 Å². The molecule has 0 spiro atoms. The average molecular weight is 240 g/mol. The van der Waals surface area contributed by atoms with E-state index in [2.05, 4.69) is 19.2 Å². The molecule has 1 atom stereocenters. The molecule has 2 saturated heterocycles. The summed E-state index contributed by atoms with van der Waals surface area (Å²) in [5.41, 5.74) is 0. The predicted octanol–water partition coefficient (Wildman–Crippen LogP) is 1.85. The Hall–Kier alpha value is -0.770. The highest BCUT2D eigenvalue weighted by molar-refractivity contribution is 5.70. The third-order valence-electron chi connectivity index (χ3n) is 4.02. The lowest BCUT2D eigenvalue weighted by Gasteiger charge is -2.28. The molecule has 0 radical (unpaired) electrons. The molecule has 2 aliphatic heterocycles. The molecule has 2 heterocycles. The zero-order valence-corrected chi connectivity index (χ0v) is 10.9. The van der Waals surface area contributed by atoms with Crippen molar-refractivity contribution in [2.45, 2.75) is 39.2 Å². The number of carbonyl (C=O) groups is 1. The first kappa shape index (κ1) is 12.7. The lowest BCUT2D eigenvalue weighted by Crippen LogP contribution is -2.39. The third-order valence-corrected chi connectivity index (χ3v) is 4.02. The Bertz CT molecular complexity index is 262. The number of rotatable bonds is 4. The molecule has 1 N–H and O–H groups in total. The molecule has 1 amide bonds. The van der Waals surface area contributed by atoms with E-state index in [4.69, 9.17) is 4.74 Å². The van der Waals surface area contributed by atoms with Gasteiger partial charge in [0.15, 0.2) is 0 Å².